The Bertz CT molecular complexity index is 915. The molecule has 0 aliphatic rings. The van der Waals surface area contributed by atoms with Gasteiger partial charge in [0.1, 0.15) is 6.54 Å². The molecule has 2 rings (SSSR count). The Labute approximate surface area is 164 Å². The number of hydrogen-bond acceptors (Lipinski definition) is 4. The van der Waals surface area contributed by atoms with Crippen LogP contribution in [-0.2, 0) is 21.2 Å². The maximum absolute atomic E-state index is 12.2. The van der Waals surface area contributed by atoms with Crippen molar-refractivity contribution in [2.75, 3.05) is 17.1 Å². The number of nitrogens with one attached hydrogen (secondary N) is 1. The zero-order valence-corrected chi connectivity index (χ0v) is 16.8. The Balaban J connectivity index is 1.97. The minimum Gasteiger partial charge on any atom is -0.271 e. The highest BCUT2D eigenvalue weighted by molar-refractivity contribution is 7.92. The number of hydrogen-bond donors (Lipinski definition) is 1. The molecule has 0 aliphatic carbocycles. The van der Waals surface area contributed by atoms with E-state index >= 15 is 0 Å². The summed E-state index contributed by atoms with van der Waals surface area (Å²) < 4.78 is 25.1. The number of hydrazone groups is 1. The summed E-state index contributed by atoms with van der Waals surface area (Å²) in [5, 5.41) is 4.44. The molecule has 1 N–H and O–H groups in total. The molecule has 8 heteroatoms. The Morgan fingerprint density at radius 3 is 2.48 bits per heavy atom. The monoisotopic (exact) mass is 407 g/mol. The molecule has 27 heavy (non-hydrogen) atoms. The first-order chi connectivity index (χ1) is 12.8. The first kappa shape index (κ1) is 20.9. The second kappa shape index (κ2) is 9.53. The molecule has 0 fully saturated rings. The lowest BCUT2D eigenvalue weighted by Crippen LogP contribution is -2.39. The van der Waals surface area contributed by atoms with Gasteiger partial charge in [-0.1, -0.05) is 48.0 Å². The Kier molecular flexibility index (Phi) is 7.38. The van der Waals surface area contributed by atoms with Crippen molar-refractivity contribution >= 4 is 38.9 Å². The number of carbonyl (C=O) groups excluding carboxylic acids is 1. The zero-order chi connectivity index (χ0) is 19.9. The molecule has 0 unspecified atom stereocenters. The normalized spacial score (nSPS) is 11.9. The van der Waals surface area contributed by atoms with Crippen LogP contribution in [-0.4, -0.2) is 32.8 Å². The van der Waals surface area contributed by atoms with E-state index in [1.807, 2.05) is 37.3 Å². The van der Waals surface area contributed by atoms with Crippen molar-refractivity contribution in [3.8, 4) is 0 Å². The lowest BCUT2D eigenvalue weighted by atomic mass is 10.1. The fourth-order valence-corrected chi connectivity index (χ4v) is 3.41. The minimum absolute atomic E-state index is 0.324. The van der Waals surface area contributed by atoms with Crippen LogP contribution in [0.25, 0.3) is 0 Å². The van der Waals surface area contributed by atoms with Gasteiger partial charge in [0.05, 0.1) is 11.9 Å². The topological polar surface area (TPSA) is 78.8 Å². The van der Waals surface area contributed by atoms with Crippen molar-refractivity contribution in [3.63, 3.8) is 0 Å². The van der Waals surface area contributed by atoms with Crippen molar-refractivity contribution in [2.45, 2.75) is 19.8 Å². The van der Waals surface area contributed by atoms with Gasteiger partial charge in [0.25, 0.3) is 5.91 Å². The molecular formula is C19H22ClN3O3S. The molecule has 2 aromatic carbocycles. The number of benzene rings is 2. The number of carbonyl (C=O) groups is 1. The van der Waals surface area contributed by atoms with Crippen LogP contribution in [0.3, 0.4) is 0 Å². The number of anilines is 1. The van der Waals surface area contributed by atoms with Crippen LogP contribution in [0.5, 0.6) is 0 Å². The number of aryl methyl sites for hydroxylation is 1. The second-order valence-electron chi connectivity index (χ2n) is 6.12. The predicted octanol–water partition coefficient (Wildman–Crippen LogP) is 3.23. The molecule has 0 atom stereocenters. The maximum Gasteiger partial charge on any atom is 0.260 e. The molecule has 0 bridgehead atoms. The van der Waals surface area contributed by atoms with Gasteiger partial charge in [-0.15, -0.1) is 0 Å². The summed E-state index contributed by atoms with van der Waals surface area (Å²) in [6.45, 7) is 1.43. The first-order valence-electron chi connectivity index (χ1n) is 8.35. The predicted molar refractivity (Wildman–Crippen MR) is 110 cm³/mol. The van der Waals surface area contributed by atoms with Crippen LogP contribution in [0.1, 0.15) is 18.9 Å². The molecule has 0 heterocycles. The van der Waals surface area contributed by atoms with Crippen LogP contribution in [0.4, 0.5) is 5.69 Å². The quantitative estimate of drug-likeness (QED) is 0.539. The lowest BCUT2D eigenvalue weighted by molar-refractivity contribution is -0.119. The van der Waals surface area contributed by atoms with E-state index in [-0.39, 0.29) is 6.54 Å². The first-order valence-corrected chi connectivity index (χ1v) is 10.6. The second-order valence-corrected chi connectivity index (χ2v) is 8.46. The van der Waals surface area contributed by atoms with Crippen LogP contribution < -0.4 is 9.73 Å². The Hall–Kier alpha value is -2.38. The number of rotatable bonds is 8. The summed E-state index contributed by atoms with van der Waals surface area (Å²) >= 11 is 5.92. The molecule has 0 aromatic heterocycles. The standard InChI is InChI=1S/C19H22ClN3O3S/c1-15(11-12-16-7-4-3-5-8-16)21-22-19(24)14-23(27(2,25)26)18-10-6-9-17(20)13-18/h3-10,13H,11-12,14H2,1-2H3,(H,22,24)/b21-15-. The Morgan fingerprint density at radius 2 is 1.85 bits per heavy atom. The lowest BCUT2D eigenvalue weighted by Gasteiger charge is -2.21. The highest BCUT2D eigenvalue weighted by Crippen LogP contribution is 2.21. The highest BCUT2D eigenvalue weighted by atomic mass is 35.5. The van der Waals surface area contributed by atoms with E-state index in [1.165, 1.54) is 11.6 Å². The van der Waals surface area contributed by atoms with Crippen LogP contribution in [0.15, 0.2) is 59.7 Å². The molecule has 0 spiro atoms. The average Bonchev–Trinajstić information content (AvgIpc) is 2.62. The zero-order valence-electron chi connectivity index (χ0n) is 15.2. The summed E-state index contributed by atoms with van der Waals surface area (Å²) in [5.41, 5.74) is 4.67. The molecule has 0 saturated carbocycles. The van der Waals surface area contributed by atoms with Crippen molar-refractivity contribution in [3.05, 3.63) is 65.2 Å². The van der Waals surface area contributed by atoms with Crippen LogP contribution in [0, 0.1) is 0 Å². The molecule has 1 amide bonds. The number of sulfonamides is 1. The summed E-state index contributed by atoms with van der Waals surface area (Å²) in [6, 6.07) is 16.3. The van der Waals surface area contributed by atoms with Crippen molar-refractivity contribution in [1.29, 1.82) is 0 Å². The fourth-order valence-electron chi connectivity index (χ4n) is 2.38. The van der Waals surface area contributed by atoms with Gasteiger partial charge in [0.15, 0.2) is 0 Å². The van der Waals surface area contributed by atoms with E-state index in [2.05, 4.69) is 10.5 Å². The average molecular weight is 408 g/mol. The summed E-state index contributed by atoms with van der Waals surface area (Å²) in [6.07, 6.45) is 2.54. The van der Waals surface area contributed by atoms with Crippen LogP contribution >= 0.6 is 11.6 Å². The smallest absolute Gasteiger partial charge is 0.260 e. The van der Waals surface area contributed by atoms with Crippen molar-refractivity contribution in [1.82, 2.24) is 5.43 Å². The third-order valence-corrected chi connectivity index (χ3v) is 5.15. The van der Waals surface area contributed by atoms with Gasteiger partial charge in [0, 0.05) is 10.7 Å². The summed E-state index contributed by atoms with van der Waals surface area (Å²) in [5.74, 6) is -0.528. The van der Waals surface area contributed by atoms with Crippen molar-refractivity contribution in [2.24, 2.45) is 5.10 Å². The van der Waals surface area contributed by atoms with E-state index in [9.17, 15) is 13.2 Å². The van der Waals surface area contributed by atoms with Gasteiger partial charge in [-0.05, 0) is 43.5 Å². The fraction of sp³-hybridized carbons (Fsp3) is 0.263. The van der Waals surface area contributed by atoms with Gasteiger partial charge in [-0.2, -0.15) is 5.10 Å². The number of nitrogens with zero attached hydrogens (tertiary/aromatic N) is 2. The van der Waals surface area contributed by atoms with Gasteiger partial charge >= 0.3 is 0 Å². The van der Waals surface area contributed by atoms with Gasteiger partial charge < -0.3 is 0 Å². The van der Waals surface area contributed by atoms with E-state index in [1.54, 1.807) is 18.2 Å². The largest absolute Gasteiger partial charge is 0.271 e. The number of amides is 1. The summed E-state index contributed by atoms with van der Waals surface area (Å²) in [4.78, 5) is 12.2. The van der Waals surface area contributed by atoms with Gasteiger partial charge in [-0.25, -0.2) is 13.8 Å². The SMILES string of the molecule is C/C(CCc1ccccc1)=N/NC(=O)CN(c1cccc(Cl)c1)S(C)(=O)=O. The Morgan fingerprint density at radius 1 is 1.15 bits per heavy atom. The molecule has 0 radical (unpaired) electrons. The molecule has 2 aromatic rings. The number of halogens is 1. The van der Waals surface area contributed by atoms with Crippen molar-refractivity contribution < 1.29 is 13.2 Å². The van der Waals surface area contributed by atoms with E-state index < -0.39 is 15.9 Å². The van der Waals surface area contributed by atoms with Crippen LogP contribution in [0.2, 0.25) is 5.02 Å². The highest BCUT2D eigenvalue weighted by Gasteiger charge is 2.20. The van der Waals surface area contributed by atoms with E-state index in [4.69, 9.17) is 11.6 Å². The molecule has 0 saturated heterocycles. The molecule has 6 nitrogen and oxygen atoms in total. The minimum atomic E-state index is -3.65. The third kappa shape index (κ3) is 7.03. The molecule has 144 valence electrons. The maximum atomic E-state index is 12.2. The molecule has 0 aliphatic heterocycles. The van der Waals surface area contributed by atoms with Gasteiger partial charge in [0.2, 0.25) is 10.0 Å². The summed E-state index contributed by atoms with van der Waals surface area (Å²) in [7, 11) is -3.65. The molecular weight excluding hydrogens is 386 g/mol. The van der Waals surface area contributed by atoms with Gasteiger partial charge in [-0.3, -0.25) is 9.10 Å². The van der Waals surface area contributed by atoms with E-state index in [0.717, 1.165) is 22.7 Å². The third-order valence-electron chi connectivity index (χ3n) is 3.77. The van der Waals surface area contributed by atoms with E-state index in [0.29, 0.717) is 17.1 Å².